The molecule has 0 aliphatic carbocycles. The highest BCUT2D eigenvalue weighted by Gasteiger charge is 2.04. The standard InChI is InChI=1S/C10H12N2O/c1-7(6-10(12)13)8-4-2-3-5-9(8)11/h2-5H,1,6,11H2,(H2,12,13). The van der Waals surface area contributed by atoms with Crippen molar-refractivity contribution >= 4 is 17.2 Å². The van der Waals surface area contributed by atoms with E-state index in [0.717, 1.165) is 5.56 Å². The topological polar surface area (TPSA) is 69.1 Å². The van der Waals surface area contributed by atoms with Gasteiger partial charge in [0.05, 0.1) is 6.42 Å². The monoisotopic (exact) mass is 176 g/mol. The molecule has 0 fully saturated rings. The molecular formula is C10H12N2O. The quantitative estimate of drug-likeness (QED) is 0.678. The Hall–Kier alpha value is -1.77. The minimum absolute atomic E-state index is 0.147. The SMILES string of the molecule is C=C(CC(N)=O)c1ccccc1N. The average Bonchev–Trinajstić information content (AvgIpc) is 2.03. The van der Waals surface area contributed by atoms with Crippen molar-refractivity contribution in [2.75, 3.05) is 5.73 Å². The molecule has 0 aliphatic heterocycles. The highest BCUT2D eigenvalue weighted by molar-refractivity contribution is 5.89. The third kappa shape index (κ3) is 2.33. The Labute approximate surface area is 77.0 Å². The lowest BCUT2D eigenvalue weighted by Crippen LogP contribution is -2.10. The highest BCUT2D eigenvalue weighted by atomic mass is 16.1. The molecular weight excluding hydrogens is 164 g/mol. The Balaban J connectivity index is 2.89. The van der Waals surface area contributed by atoms with Gasteiger partial charge in [-0.25, -0.2) is 0 Å². The molecule has 0 saturated carbocycles. The van der Waals surface area contributed by atoms with Crippen LogP contribution in [0.25, 0.3) is 5.57 Å². The minimum Gasteiger partial charge on any atom is -0.398 e. The normalized spacial score (nSPS) is 9.54. The molecule has 1 aromatic carbocycles. The lowest BCUT2D eigenvalue weighted by atomic mass is 10.0. The van der Waals surface area contributed by atoms with Crippen molar-refractivity contribution in [1.29, 1.82) is 0 Å². The van der Waals surface area contributed by atoms with Crippen molar-refractivity contribution in [3.05, 3.63) is 36.4 Å². The summed E-state index contributed by atoms with van der Waals surface area (Å²) < 4.78 is 0. The molecule has 4 N–H and O–H groups in total. The van der Waals surface area contributed by atoms with Gasteiger partial charge < -0.3 is 11.5 Å². The van der Waals surface area contributed by atoms with Crippen LogP contribution in [0.4, 0.5) is 5.69 Å². The van der Waals surface area contributed by atoms with E-state index >= 15 is 0 Å². The largest absolute Gasteiger partial charge is 0.398 e. The molecule has 0 unspecified atom stereocenters. The molecule has 3 nitrogen and oxygen atoms in total. The van der Waals surface area contributed by atoms with Gasteiger partial charge in [-0.1, -0.05) is 24.8 Å². The average molecular weight is 176 g/mol. The van der Waals surface area contributed by atoms with Gasteiger partial charge in [0.25, 0.3) is 0 Å². The Bertz CT molecular complexity index is 345. The lowest BCUT2D eigenvalue weighted by Gasteiger charge is -2.06. The van der Waals surface area contributed by atoms with Crippen molar-refractivity contribution in [1.82, 2.24) is 0 Å². The smallest absolute Gasteiger partial charge is 0.221 e. The van der Waals surface area contributed by atoms with Crippen LogP contribution in [0, 0.1) is 0 Å². The number of anilines is 1. The second-order valence-electron chi connectivity index (χ2n) is 2.83. The number of nitrogen functional groups attached to an aromatic ring is 1. The summed E-state index contributed by atoms with van der Waals surface area (Å²) in [4.78, 5) is 10.6. The number of para-hydroxylation sites is 1. The molecule has 68 valence electrons. The summed E-state index contributed by atoms with van der Waals surface area (Å²) in [5, 5.41) is 0. The van der Waals surface area contributed by atoms with Crippen LogP contribution >= 0.6 is 0 Å². The molecule has 0 heterocycles. The summed E-state index contributed by atoms with van der Waals surface area (Å²) in [6.07, 6.45) is 0.147. The molecule has 13 heavy (non-hydrogen) atoms. The van der Waals surface area contributed by atoms with Gasteiger partial charge in [0.2, 0.25) is 5.91 Å². The number of hydrogen-bond donors (Lipinski definition) is 2. The van der Waals surface area contributed by atoms with Crippen LogP contribution in [0.2, 0.25) is 0 Å². The predicted molar refractivity (Wildman–Crippen MR) is 53.7 cm³/mol. The van der Waals surface area contributed by atoms with Crippen LogP contribution in [0.15, 0.2) is 30.8 Å². The van der Waals surface area contributed by atoms with Crippen LogP contribution in [0.1, 0.15) is 12.0 Å². The predicted octanol–water partition coefficient (Wildman–Crippen LogP) is 1.16. The maximum Gasteiger partial charge on any atom is 0.221 e. The fourth-order valence-corrected chi connectivity index (χ4v) is 1.12. The van der Waals surface area contributed by atoms with E-state index < -0.39 is 5.91 Å². The molecule has 0 spiro atoms. The zero-order valence-corrected chi connectivity index (χ0v) is 7.29. The van der Waals surface area contributed by atoms with Gasteiger partial charge in [-0.15, -0.1) is 0 Å². The zero-order valence-electron chi connectivity index (χ0n) is 7.29. The van der Waals surface area contributed by atoms with E-state index in [1.807, 2.05) is 18.2 Å². The maximum atomic E-state index is 10.6. The molecule has 0 saturated heterocycles. The van der Waals surface area contributed by atoms with Gasteiger partial charge in [-0.05, 0) is 11.6 Å². The third-order valence-corrected chi connectivity index (χ3v) is 1.73. The van der Waals surface area contributed by atoms with E-state index in [0.29, 0.717) is 11.3 Å². The van der Waals surface area contributed by atoms with Crippen molar-refractivity contribution in [2.24, 2.45) is 5.73 Å². The Morgan fingerprint density at radius 3 is 2.54 bits per heavy atom. The van der Waals surface area contributed by atoms with Gasteiger partial charge in [-0.2, -0.15) is 0 Å². The summed E-state index contributed by atoms with van der Waals surface area (Å²) in [5.74, 6) is -0.395. The molecule has 0 bridgehead atoms. The first kappa shape index (κ1) is 9.32. The molecule has 1 aromatic rings. The van der Waals surface area contributed by atoms with Gasteiger partial charge in [0.15, 0.2) is 0 Å². The summed E-state index contributed by atoms with van der Waals surface area (Å²) >= 11 is 0. The number of nitrogens with two attached hydrogens (primary N) is 2. The van der Waals surface area contributed by atoms with Crippen molar-refractivity contribution in [3.8, 4) is 0 Å². The van der Waals surface area contributed by atoms with Crippen molar-refractivity contribution in [3.63, 3.8) is 0 Å². The Kier molecular flexibility index (Phi) is 2.69. The van der Waals surface area contributed by atoms with Gasteiger partial charge in [0, 0.05) is 11.3 Å². The first-order chi connectivity index (χ1) is 6.11. The van der Waals surface area contributed by atoms with E-state index in [4.69, 9.17) is 11.5 Å². The number of amides is 1. The summed E-state index contributed by atoms with van der Waals surface area (Å²) in [5.41, 5.74) is 12.8. The van der Waals surface area contributed by atoms with E-state index in [2.05, 4.69) is 6.58 Å². The number of primary amides is 1. The van der Waals surface area contributed by atoms with Crippen LogP contribution < -0.4 is 11.5 Å². The molecule has 0 aliphatic rings. The van der Waals surface area contributed by atoms with Gasteiger partial charge >= 0.3 is 0 Å². The Morgan fingerprint density at radius 2 is 2.00 bits per heavy atom. The van der Waals surface area contributed by atoms with Crippen molar-refractivity contribution in [2.45, 2.75) is 6.42 Å². The molecule has 1 amide bonds. The first-order valence-electron chi connectivity index (χ1n) is 3.92. The highest BCUT2D eigenvalue weighted by Crippen LogP contribution is 2.21. The molecule has 3 heteroatoms. The number of hydrogen-bond acceptors (Lipinski definition) is 2. The summed E-state index contributed by atoms with van der Waals surface area (Å²) in [6.45, 7) is 3.75. The number of rotatable bonds is 3. The van der Waals surface area contributed by atoms with Gasteiger partial charge in [0.1, 0.15) is 0 Å². The van der Waals surface area contributed by atoms with Gasteiger partial charge in [-0.3, -0.25) is 4.79 Å². The van der Waals surface area contributed by atoms with Crippen LogP contribution in [-0.4, -0.2) is 5.91 Å². The summed E-state index contributed by atoms with van der Waals surface area (Å²) in [6, 6.07) is 7.26. The number of carbonyl (C=O) groups excluding carboxylic acids is 1. The lowest BCUT2D eigenvalue weighted by molar-refractivity contribution is -0.117. The van der Waals surface area contributed by atoms with E-state index in [1.165, 1.54) is 0 Å². The van der Waals surface area contributed by atoms with Crippen LogP contribution in [0.3, 0.4) is 0 Å². The van der Waals surface area contributed by atoms with E-state index in [1.54, 1.807) is 6.07 Å². The molecule has 1 rings (SSSR count). The second kappa shape index (κ2) is 3.76. The zero-order chi connectivity index (χ0) is 9.84. The van der Waals surface area contributed by atoms with Crippen LogP contribution in [0.5, 0.6) is 0 Å². The fraction of sp³-hybridized carbons (Fsp3) is 0.100. The second-order valence-corrected chi connectivity index (χ2v) is 2.83. The number of benzene rings is 1. The Morgan fingerprint density at radius 1 is 1.38 bits per heavy atom. The van der Waals surface area contributed by atoms with E-state index in [9.17, 15) is 4.79 Å². The van der Waals surface area contributed by atoms with Crippen LogP contribution in [-0.2, 0) is 4.79 Å². The third-order valence-electron chi connectivity index (χ3n) is 1.73. The molecule has 0 radical (unpaired) electrons. The molecule has 0 aromatic heterocycles. The molecule has 0 atom stereocenters. The van der Waals surface area contributed by atoms with E-state index in [-0.39, 0.29) is 6.42 Å². The number of carbonyl (C=O) groups is 1. The first-order valence-corrected chi connectivity index (χ1v) is 3.92. The fourth-order valence-electron chi connectivity index (χ4n) is 1.12. The maximum absolute atomic E-state index is 10.6. The minimum atomic E-state index is -0.395. The summed E-state index contributed by atoms with van der Waals surface area (Å²) in [7, 11) is 0. The van der Waals surface area contributed by atoms with Crippen molar-refractivity contribution < 1.29 is 4.79 Å².